The van der Waals surface area contributed by atoms with Gasteiger partial charge >= 0.3 is 0 Å². The van der Waals surface area contributed by atoms with Crippen LogP contribution >= 0.6 is 12.4 Å². The van der Waals surface area contributed by atoms with Crippen LogP contribution in [0.3, 0.4) is 0 Å². The lowest BCUT2D eigenvalue weighted by Gasteiger charge is -2.24. The highest BCUT2D eigenvalue weighted by Crippen LogP contribution is 2.16. The number of pyridine rings is 1. The Labute approximate surface area is 119 Å². The maximum atomic E-state index is 12.3. The second-order valence-electron chi connectivity index (χ2n) is 4.44. The van der Waals surface area contributed by atoms with Crippen molar-refractivity contribution >= 4 is 24.0 Å². The van der Waals surface area contributed by atoms with E-state index in [4.69, 9.17) is 10.5 Å². The van der Waals surface area contributed by atoms with Gasteiger partial charge in [0.2, 0.25) is 0 Å². The summed E-state index contributed by atoms with van der Waals surface area (Å²) in [5.41, 5.74) is 6.75. The van der Waals surface area contributed by atoms with Crippen LogP contribution in [0.1, 0.15) is 30.1 Å². The smallest absolute Gasteiger partial charge is 0.257 e. The maximum Gasteiger partial charge on any atom is 0.257 e. The fraction of sp³-hybridized carbons (Fsp3) is 0.538. The van der Waals surface area contributed by atoms with E-state index in [1.54, 1.807) is 17.2 Å². The second-order valence-corrected chi connectivity index (χ2v) is 4.44. The van der Waals surface area contributed by atoms with E-state index in [0.717, 1.165) is 19.4 Å². The van der Waals surface area contributed by atoms with Gasteiger partial charge in [0, 0.05) is 37.8 Å². The third kappa shape index (κ3) is 3.81. The molecule has 1 amide bonds. The first kappa shape index (κ1) is 15.7. The van der Waals surface area contributed by atoms with Gasteiger partial charge in [0.15, 0.2) is 0 Å². The number of carbonyl (C=O) groups excluding carboxylic acids is 1. The molecule has 1 aliphatic heterocycles. The van der Waals surface area contributed by atoms with Gasteiger partial charge in [0.25, 0.3) is 5.91 Å². The fourth-order valence-electron chi connectivity index (χ4n) is 2.14. The van der Waals surface area contributed by atoms with Crippen molar-refractivity contribution in [2.75, 3.05) is 25.4 Å². The zero-order valence-corrected chi connectivity index (χ0v) is 11.9. The standard InChI is InChI=1S/C13H19N3O2.ClH/c1-2-16(9-10-4-3-7-18-10)13(17)11-8-15-6-5-12(11)14;/h5-6,8,10H,2-4,7,9H2,1H3,(H2,14,15);1H. The number of ether oxygens (including phenoxy) is 1. The molecule has 2 heterocycles. The molecule has 106 valence electrons. The van der Waals surface area contributed by atoms with Crippen molar-refractivity contribution in [1.29, 1.82) is 0 Å². The molecule has 6 heteroatoms. The number of halogens is 1. The lowest BCUT2D eigenvalue weighted by molar-refractivity contribution is 0.0539. The molecule has 2 rings (SSSR count). The molecule has 2 N–H and O–H groups in total. The predicted molar refractivity (Wildman–Crippen MR) is 76.4 cm³/mol. The van der Waals surface area contributed by atoms with Crippen molar-refractivity contribution in [1.82, 2.24) is 9.88 Å². The molecule has 0 radical (unpaired) electrons. The van der Waals surface area contributed by atoms with Gasteiger partial charge < -0.3 is 15.4 Å². The molecule has 0 aromatic carbocycles. The molecule has 1 aliphatic rings. The quantitative estimate of drug-likeness (QED) is 0.915. The number of amides is 1. The number of anilines is 1. The average Bonchev–Trinajstić information content (AvgIpc) is 2.88. The maximum absolute atomic E-state index is 12.3. The zero-order chi connectivity index (χ0) is 13.0. The van der Waals surface area contributed by atoms with Crippen molar-refractivity contribution in [3.8, 4) is 0 Å². The van der Waals surface area contributed by atoms with Gasteiger partial charge in [-0.1, -0.05) is 0 Å². The summed E-state index contributed by atoms with van der Waals surface area (Å²) in [5.74, 6) is -0.0707. The molecule has 5 nitrogen and oxygen atoms in total. The molecule has 1 aromatic rings. The number of nitrogens with two attached hydrogens (primary N) is 1. The van der Waals surface area contributed by atoms with Crippen LogP contribution in [0.4, 0.5) is 5.69 Å². The Morgan fingerprint density at radius 3 is 3.00 bits per heavy atom. The molecule has 1 saturated heterocycles. The molecular weight excluding hydrogens is 266 g/mol. The minimum atomic E-state index is -0.0707. The van der Waals surface area contributed by atoms with Gasteiger partial charge in [-0.15, -0.1) is 12.4 Å². The summed E-state index contributed by atoms with van der Waals surface area (Å²) in [6, 6.07) is 1.65. The largest absolute Gasteiger partial charge is 0.398 e. The third-order valence-electron chi connectivity index (χ3n) is 3.20. The van der Waals surface area contributed by atoms with Gasteiger partial charge in [-0.2, -0.15) is 0 Å². The Hall–Kier alpha value is -1.33. The number of hydrogen-bond donors (Lipinski definition) is 1. The molecule has 0 saturated carbocycles. The van der Waals surface area contributed by atoms with Crippen molar-refractivity contribution in [2.24, 2.45) is 0 Å². The Balaban J connectivity index is 0.00000180. The number of nitrogen functional groups attached to an aromatic ring is 1. The number of hydrogen-bond acceptors (Lipinski definition) is 4. The van der Waals surface area contributed by atoms with Gasteiger partial charge in [-0.05, 0) is 25.8 Å². The first-order valence-corrected chi connectivity index (χ1v) is 6.32. The van der Waals surface area contributed by atoms with Crippen molar-refractivity contribution in [2.45, 2.75) is 25.9 Å². The summed E-state index contributed by atoms with van der Waals surface area (Å²) >= 11 is 0. The van der Waals surface area contributed by atoms with E-state index >= 15 is 0 Å². The molecule has 1 atom stereocenters. The monoisotopic (exact) mass is 285 g/mol. The molecule has 1 unspecified atom stereocenters. The van der Waals surface area contributed by atoms with Crippen LogP contribution in [0.5, 0.6) is 0 Å². The minimum absolute atomic E-state index is 0. The molecule has 19 heavy (non-hydrogen) atoms. The van der Waals surface area contributed by atoms with Crippen LogP contribution in [0.2, 0.25) is 0 Å². The minimum Gasteiger partial charge on any atom is -0.398 e. The van der Waals surface area contributed by atoms with Crippen molar-refractivity contribution in [3.05, 3.63) is 24.0 Å². The highest BCUT2D eigenvalue weighted by molar-refractivity contribution is 5.98. The lowest BCUT2D eigenvalue weighted by Crippen LogP contribution is -2.37. The van der Waals surface area contributed by atoms with Gasteiger partial charge in [0.1, 0.15) is 0 Å². The summed E-state index contributed by atoms with van der Waals surface area (Å²) in [6.07, 6.45) is 5.36. The van der Waals surface area contributed by atoms with E-state index < -0.39 is 0 Å². The zero-order valence-electron chi connectivity index (χ0n) is 11.0. The van der Waals surface area contributed by atoms with E-state index in [9.17, 15) is 4.79 Å². The summed E-state index contributed by atoms with van der Waals surface area (Å²) in [4.78, 5) is 18.1. The van der Waals surface area contributed by atoms with E-state index in [1.807, 2.05) is 6.92 Å². The van der Waals surface area contributed by atoms with Crippen LogP contribution in [0.25, 0.3) is 0 Å². The Morgan fingerprint density at radius 1 is 1.63 bits per heavy atom. The SMILES string of the molecule is CCN(CC1CCCO1)C(=O)c1cnccc1N.Cl. The second kappa shape index (κ2) is 7.31. The Bertz CT molecular complexity index is 422. The van der Waals surface area contributed by atoms with Gasteiger partial charge in [-0.3, -0.25) is 9.78 Å². The first-order valence-electron chi connectivity index (χ1n) is 6.32. The highest BCUT2D eigenvalue weighted by Gasteiger charge is 2.23. The van der Waals surface area contributed by atoms with Crippen molar-refractivity contribution < 1.29 is 9.53 Å². The van der Waals surface area contributed by atoms with Gasteiger partial charge in [0.05, 0.1) is 11.7 Å². The molecular formula is C13H20ClN3O2. The van der Waals surface area contributed by atoms with Crippen LogP contribution < -0.4 is 5.73 Å². The van der Waals surface area contributed by atoms with E-state index in [2.05, 4.69) is 4.98 Å². The highest BCUT2D eigenvalue weighted by atomic mass is 35.5. The molecule has 0 bridgehead atoms. The average molecular weight is 286 g/mol. The molecule has 1 aromatic heterocycles. The van der Waals surface area contributed by atoms with Crippen molar-refractivity contribution in [3.63, 3.8) is 0 Å². The summed E-state index contributed by atoms with van der Waals surface area (Å²) in [6.45, 7) is 4.03. The van der Waals surface area contributed by atoms with Crippen LogP contribution in [-0.4, -0.2) is 41.6 Å². The molecule has 1 fully saturated rings. The van der Waals surface area contributed by atoms with Gasteiger partial charge in [-0.25, -0.2) is 0 Å². The van der Waals surface area contributed by atoms with Crippen LogP contribution in [-0.2, 0) is 4.74 Å². The van der Waals surface area contributed by atoms with Crippen LogP contribution in [0.15, 0.2) is 18.5 Å². The van der Waals surface area contributed by atoms with E-state index in [-0.39, 0.29) is 24.4 Å². The predicted octanol–water partition coefficient (Wildman–Crippen LogP) is 1.73. The number of rotatable bonds is 4. The van der Waals surface area contributed by atoms with Crippen LogP contribution in [0, 0.1) is 0 Å². The summed E-state index contributed by atoms with van der Waals surface area (Å²) < 4.78 is 5.56. The Kier molecular flexibility index (Phi) is 6.05. The fourth-order valence-corrected chi connectivity index (χ4v) is 2.14. The third-order valence-corrected chi connectivity index (χ3v) is 3.20. The Morgan fingerprint density at radius 2 is 2.42 bits per heavy atom. The first-order chi connectivity index (χ1) is 8.72. The number of aromatic nitrogens is 1. The molecule has 0 aliphatic carbocycles. The number of nitrogens with zero attached hydrogens (tertiary/aromatic N) is 2. The van der Waals surface area contributed by atoms with E-state index in [1.165, 1.54) is 6.20 Å². The summed E-state index contributed by atoms with van der Waals surface area (Å²) in [7, 11) is 0. The molecule has 0 spiro atoms. The number of carbonyl (C=O) groups is 1. The normalized spacial score (nSPS) is 17.8. The van der Waals surface area contributed by atoms with E-state index in [0.29, 0.717) is 24.3 Å². The summed E-state index contributed by atoms with van der Waals surface area (Å²) in [5, 5.41) is 0. The lowest BCUT2D eigenvalue weighted by atomic mass is 10.2. The topological polar surface area (TPSA) is 68.5 Å². The number of likely N-dealkylation sites (N-methyl/N-ethyl adjacent to an activating group) is 1.